The molecule has 1 amide bonds. The summed E-state index contributed by atoms with van der Waals surface area (Å²) in [6, 6.07) is 8.59. The number of amides is 1. The Morgan fingerprint density at radius 2 is 1.79 bits per heavy atom. The first-order valence-electron chi connectivity index (χ1n) is 6.85. The van der Waals surface area contributed by atoms with Gasteiger partial charge in [0.1, 0.15) is 0 Å². The maximum Gasteiger partial charge on any atom is 0.234 e. The first-order valence-corrected chi connectivity index (χ1v) is 7.64. The highest BCUT2D eigenvalue weighted by molar-refractivity contribution is 9.10. The molecule has 0 saturated heterocycles. The van der Waals surface area contributed by atoms with Crippen LogP contribution in [0.2, 0.25) is 0 Å². The van der Waals surface area contributed by atoms with E-state index < -0.39 is 0 Å². The molecule has 0 heterocycles. The van der Waals surface area contributed by atoms with Gasteiger partial charge < -0.3 is 10.6 Å². The van der Waals surface area contributed by atoms with E-state index in [0.717, 1.165) is 17.3 Å². The van der Waals surface area contributed by atoms with Gasteiger partial charge in [-0.2, -0.15) is 0 Å². The molecule has 106 valence electrons. The van der Waals surface area contributed by atoms with Crippen LogP contribution in [0.3, 0.4) is 0 Å². The van der Waals surface area contributed by atoms with Gasteiger partial charge in [-0.3, -0.25) is 4.79 Å². The Morgan fingerprint density at radius 1 is 1.21 bits per heavy atom. The third-order valence-corrected chi connectivity index (χ3v) is 3.82. The number of rotatable bonds is 7. The molecule has 0 aliphatic heterocycles. The van der Waals surface area contributed by atoms with Gasteiger partial charge in [-0.05, 0) is 37.5 Å². The van der Waals surface area contributed by atoms with Crippen molar-refractivity contribution >= 4 is 21.8 Å². The third kappa shape index (κ3) is 5.74. The molecule has 0 fully saturated rings. The number of carbonyl (C=O) groups is 1. The summed E-state index contributed by atoms with van der Waals surface area (Å²) in [5.74, 6) is 0.0673. The SMILES string of the molecule is CCC(CC)NC(=O)CNC(C)c1ccc(Br)cc1. The van der Waals surface area contributed by atoms with E-state index in [1.54, 1.807) is 0 Å². The highest BCUT2D eigenvalue weighted by Crippen LogP contribution is 2.16. The van der Waals surface area contributed by atoms with E-state index in [0.29, 0.717) is 6.54 Å². The van der Waals surface area contributed by atoms with Crippen molar-refractivity contribution in [1.82, 2.24) is 10.6 Å². The zero-order valence-corrected chi connectivity index (χ0v) is 13.5. The number of nitrogens with one attached hydrogen (secondary N) is 2. The second kappa shape index (κ2) is 8.33. The maximum absolute atomic E-state index is 11.8. The lowest BCUT2D eigenvalue weighted by atomic mass is 10.1. The first-order chi connectivity index (χ1) is 9.06. The van der Waals surface area contributed by atoms with Crippen molar-refractivity contribution in [3.05, 3.63) is 34.3 Å². The molecule has 1 aromatic carbocycles. The summed E-state index contributed by atoms with van der Waals surface area (Å²) >= 11 is 3.42. The molecule has 1 atom stereocenters. The van der Waals surface area contributed by atoms with E-state index >= 15 is 0 Å². The van der Waals surface area contributed by atoms with Gasteiger partial charge in [0.2, 0.25) is 5.91 Å². The van der Waals surface area contributed by atoms with Gasteiger partial charge in [-0.15, -0.1) is 0 Å². The minimum atomic E-state index is 0.0673. The lowest BCUT2D eigenvalue weighted by Gasteiger charge is -2.17. The Balaban J connectivity index is 2.39. The lowest BCUT2D eigenvalue weighted by molar-refractivity contribution is -0.121. The molecule has 0 spiro atoms. The van der Waals surface area contributed by atoms with Crippen LogP contribution in [0.25, 0.3) is 0 Å². The van der Waals surface area contributed by atoms with Gasteiger partial charge in [-0.25, -0.2) is 0 Å². The van der Waals surface area contributed by atoms with Gasteiger partial charge in [0.15, 0.2) is 0 Å². The molecule has 0 saturated carbocycles. The summed E-state index contributed by atoms with van der Waals surface area (Å²) in [7, 11) is 0. The second-order valence-electron chi connectivity index (χ2n) is 4.74. The highest BCUT2D eigenvalue weighted by atomic mass is 79.9. The minimum absolute atomic E-state index is 0.0673. The van der Waals surface area contributed by atoms with Gasteiger partial charge in [0.25, 0.3) is 0 Å². The molecule has 1 aromatic rings. The van der Waals surface area contributed by atoms with E-state index in [-0.39, 0.29) is 18.0 Å². The highest BCUT2D eigenvalue weighted by Gasteiger charge is 2.10. The molecule has 3 nitrogen and oxygen atoms in total. The number of carbonyl (C=O) groups excluding carboxylic acids is 1. The van der Waals surface area contributed by atoms with Crippen LogP contribution >= 0.6 is 15.9 Å². The van der Waals surface area contributed by atoms with Crippen molar-refractivity contribution in [3.8, 4) is 0 Å². The number of hydrogen-bond donors (Lipinski definition) is 2. The standard InChI is InChI=1S/C15H23BrN2O/c1-4-14(5-2)18-15(19)10-17-11(3)12-6-8-13(16)9-7-12/h6-9,11,14,17H,4-5,10H2,1-3H3,(H,18,19). The van der Waals surface area contributed by atoms with Crippen LogP contribution in [0, 0.1) is 0 Å². The molecule has 0 bridgehead atoms. The summed E-state index contributed by atoms with van der Waals surface area (Å²) in [5, 5.41) is 6.27. The van der Waals surface area contributed by atoms with Crippen LogP contribution in [0.15, 0.2) is 28.7 Å². The van der Waals surface area contributed by atoms with E-state index in [1.165, 1.54) is 5.56 Å². The molecule has 4 heteroatoms. The van der Waals surface area contributed by atoms with Crippen molar-refractivity contribution in [3.63, 3.8) is 0 Å². The molecular weight excluding hydrogens is 304 g/mol. The quantitative estimate of drug-likeness (QED) is 0.806. The average Bonchev–Trinajstić information content (AvgIpc) is 2.43. The number of halogens is 1. The Morgan fingerprint density at radius 3 is 2.32 bits per heavy atom. The predicted octanol–water partition coefficient (Wildman–Crippen LogP) is 3.40. The van der Waals surface area contributed by atoms with E-state index in [4.69, 9.17) is 0 Å². The normalized spacial score (nSPS) is 12.5. The van der Waals surface area contributed by atoms with Crippen molar-refractivity contribution in [1.29, 1.82) is 0 Å². The molecule has 1 unspecified atom stereocenters. The second-order valence-corrected chi connectivity index (χ2v) is 5.65. The Labute approximate surface area is 124 Å². The summed E-state index contributed by atoms with van der Waals surface area (Å²) < 4.78 is 1.06. The molecule has 0 radical (unpaired) electrons. The van der Waals surface area contributed by atoms with Crippen molar-refractivity contribution in [2.24, 2.45) is 0 Å². The van der Waals surface area contributed by atoms with Crippen molar-refractivity contribution in [2.75, 3.05) is 6.54 Å². The van der Waals surface area contributed by atoms with E-state index in [2.05, 4.69) is 59.5 Å². The third-order valence-electron chi connectivity index (χ3n) is 3.29. The zero-order valence-electron chi connectivity index (χ0n) is 11.9. The van der Waals surface area contributed by atoms with Gasteiger partial charge >= 0.3 is 0 Å². The summed E-state index contributed by atoms with van der Waals surface area (Å²) in [6.45, 7) is 6.60. The fourth-order valence-corrected chi connectivity index (χ4v) is 2.15. The zero-order chi connectivity index (χ0) is 14.3. The van der Waals surface area contributed by atoms with Gasteiger partial charge in [-0.1, -0.05) is 41.9 Å². The van der Waals surface area contributed by atoms with Crippen LogP contribution in [0.1, 0.15) is 45.2 Å². The van der Waals surface area contributed by atoms with E-state index in [9.17, 15) is 4.79 Å². The number of benzene rings is 1. The van der Waals surface area contributed by atoms with Crippen molar-refractivity contribution < 1.29 is 4.79 Å². The molecule has 19 heavy (non-hydrogen) atoms. The van der Waals surface area contributed by atoms with E-state index in [1.807, 2.05) is 12.1 Å². The Hall–Kier alpha value is -0.870. The lowest BCUT2D eigenvalue weighted by Crippen LogP contribution is -2.40. The van der Waals surface area contributed by atoms with Crippen molar-refractivity contribution in [2.45, 2.75) is 45.7 Å². The number of hydrogen-bond acceptors (Lipinski definition) is 2. The fourth-order valence-electron chi connectivity index (χ4n) is 1.89. The smallest absolute Gasteiger partial charge is 0.234 e. The molecule has 1 rings (SSSR count). The van der Waals surface area contributed by atoms with Crippen LogP contribution in [-0.2, 0) is 4.79 Å². The fraction of sp³-hybridized carbons (Fsp3) is 0.533. The summed E-state index contributed by atoms with van der Waals surface area (Å²) in [5.41, 5.74) is 1.18. The van der Waals surface area contributed by atoms with Crippen LogP contribution in [-0.4, -0.2) is 18.5 Å². The van der Waals surface area contributed by atoms with Crippen LogP contribution in [0.4, 0.5) is 0 Å². The Bertz CT molecular complexity index is 388. The Kier molecular flexibility index (Phi) is 7.10. The predicted molar refractivity (Wildman–Crippen MR) is 83.1 cm³/mol. The molecule has 2 N–H and O–H groups in total. The summed E-state index contributed by atoms with van der Waals surface area (Å²) in [4.78, 5) is 11.8. The molecular formula is C15H23BrN2O. The minimum Gasteiger partial charge on any atom is -0.352 e. The molecule has 0 aromatic heterocycles. The first kappa shape index (κ1) is 16.2. The van der Waals surface area contributed by atoms with Crippen LogP contribution in [0.5, 0.6) is 0 Å². The largest absolute Gasteiger partial charge is 0.352 e. The maximum atomic E-state index is 11.8. The molecule has 0 aliphatic carbocycles. The monoisotopic (exact) mass is 326 g/mol. The van der Waals surface area contributed by atoms with Gasteiger partial charge in [0, 0.05) is 16.6 Å². The van der Waals surface area contributed by atoms with Gasteiger partial charge in [0.05, 0.1) is 6.54 Å². The molecule has 0 aliphatic rings. The topological polar surface area (TPSA) is 41.1 Å². The van der Waals surface area contributed by atoms with Crippen LogP contribution < -0.4 is 10.6 Å². The average molecular weight is 327 g/mol. The summed E-state index contributed by atoms with van der Waals surface area (Å²) in [6.07, 6.45) is 1.95.